The fraction of sp³-hybridized carbons (Fsp3) is 1.00. The third kappa shape index (κ3) is 4.47. The largest absolute Gasteiger partial charge is 0.382 e. The van der Waals surface area contributed by atoms with Crippen LogP contribution in [0.5, 0.6) is 0 Å². The standard InChI is InChI=1S/C11H24N2O2/c1-11(4-5-12-8-11)9-13-6-10(15-3)7-14-2/h10,12-13H,4-9H2,1-3H3. The maximum atomic E-state index is 5.29. The van der Waals surface area contributed by atoms with Gasteiger partial charge in [0, 0.05) is 33.9 Å². The van der Waals surface area contributed by atoms with Crippen LogP contribution in [0.3, 0.4) is 0 Å². The molecule has 1 rings (SSSR count). The van der Waals surface area contributed by atoms with Crippen molar-refractivity contribution in [2.45, 2.75) is 19.4 Å². The molecule has 0 aliphatic carbocycles. The van der Waals surface area contributed by atoms with Gasteiger partial charge in [0.05, 0.1) is 12.7 Å². The minimum atomic E-state index is 0.160. The van der Waals surface area contributed by atoms with Gasteiger partial charge in [-0.2, -0.15) is 0 Å². The van der Waals surface area contributed by atoms with Gasteiger partial charge in [-0.25, -0.2) is 0 Å². The number of hydrogen-bond acceptors (Lipinski definition) is 4. The average Bonchev–Trinajstić information content (AvgIpc) is 2.64. The van der Waals surface area contributed by atoms with Crippen molar-refractivity contribution in [1.29, 1.82) is 0 Å². The van der Waals surface area contributed by atoms with E-state index in [4.69, 9.17) is 9.47 Å². The highest BCUT2D eigenvalue weighted by molar-refractivity contribution is 4.85. The van der Waals surface area contributed by atoms with Gasteiger partial charge in [0.1, 0.15) is 0 Å². The topological polar surface area (TPSA) is 42.5 Å². The lowest BCUT2D eigenvalue weighted by atomic mass is 9.90. The average molecular weight is 216 g/mol. The Morgan fingerprint density at radius 1 is 1.47 bits per heavy atom. The van der Waals surface area contributed by atoms with Crippen molar-refractivity contribution >= 4 is 0 Å². The molecule has 2 N–H and O–H groups in total. The van der Waals surface area contributed by atoms with E-state index in [-0.39, 0.29) is 6.10 Å². The molecule has 0 amide bonds. The quantitative estimate of drug-likeness (QED) is 0.639. The zero-order valence-corrected chi connectivity index (χ0v) is 10.1. The first kappa shape index (κ1) is 12.9. The van der Waals surface area contributed by atoms with Crippen LogP contribution < -0.4 is 10.6 Å². The molecule has 4 nitrogen and oxygen atoms in total. The number of methoxy groups -OCH3 is 2. The van der Waals surface area contributed by atoms with Crippen molar-refractivity contribution in [1.82, 2.24) is 10.6 Å². The van der Waals surface area contributed by atoms with Crippen LogP contribution in [0.15, 0.2) is 0 Å². The molecule has 4 heteroatoms. The Morgan fingerprint density at radius 2 is 2.27 bits per heavy atom. The molecule has 90 valence electrons. The molecule has 1 saturated heterocycles. The maximum absolute atomic E-state index is 5.29. The van der Waals surface area contributed by atoms with Gasteiger partial charge >= 0.3 is 0 Å². The summed E-state index contributed by atoms with van der Waals surface area (Å²) in [6, 6.07) is 0. The SMILES string of the molecule is COCC(CNCC1(C)CCNC1)OC. The lowest BCUT2D eigenvalue weighted by molar-refractivity contribution is 0.0277. The highest BCUT2D eigenvalue weighted by Gasteiger charge is 2.27. The van der Waals surface area contributed by atoms with E-state index in [1.54, 1.807) is 14.2 Å². The highest BCUT2D eigenvalue weighted by Crippen LogP contribution is 2.22. The number of ether oxygens (including phenoxy) is 2. The lowest BCUT2D eigenvalue weighted by Gasteiger charge is -2.24. The van der Waals surface area contributed by atoms with Crippen molar-refractivity contribution in [2.24, 2.45) is 5.41 Å². The normalized spacial score (nSPS) is 28.2. The van der Waals surface area contributed by atoms with Gasteiger partial charge in [-0.1, -0.05) is 6.92 Å². The molecule has 1 aliphatic heterocycles. The van der Waals surface area contributed by atoms with Gasteiger partial charge in [-0.3, -0.25) is 0 Å². The van der Waals surface area contributed by atoms with Gasteiger partial charge in [0.25, 0.3) is 0 Å². The van der Waals surface area contributed by atoms with E-state index in [0.717, 1.165) is 26.2 Å². The minimum absolute atomic E-state index is 0.160. The predicted octanol–water partition coefficient (Wildman–Crippen LogP) is 0.237. The number of nitrogens with one attached hydrogen (secondary N) is 2. The molecule has 0 aromatic rings. The van der Waals surface area contributed by atoms with Crippen LogP contribution in [-0.2, 0) is 9.47 Å². The molecule has 0 aromatic heterocycles. The summed E-state index contributed by atoms with van der Waals surface area (Å²) in [7, 11) is 3.43. The summed E-state index contributed by atoms with van der Waals surface area (Å²) in [5.41, 5.74) is 0.408. The van der Waals surface area contributed by atoms with E-state index in [0.29, 0.717) is 12.0 Å². The number of rotatable bonds is 7. The van der Waals surface area contributed by atoms with E-state index < -0.39 is 0 Å². The summed E-state index contributed by atoms with van der Waals surface area (Å²) in [5, 5.41) is 6.85. The first-order valence-electron chi connectivity index (χ1n) is 5.63. The zero-order chi connectivity index (χ0) is 11.1. The van der Waals surface area contributed by atoms with Gasteiger partial charge in [0.2, 0.25) is 0 Å². The van der Waals surface area contributed by atoms with E-state index in [9.17, 15) is 0 Å². The second kappa shape index (κ2) is 6.43. The Kier molecular flexibility index (Phi) is 5.53. The molecular weight excluding hydrogens is 192 g/mol. The van der Waals surface area contributed by atoms with Crippen LogP contribution in [-0.4, -0.2) is 53.1 Å². The molecule has 0 spiro atoms. The molecule has 15 heavy (non-hydrogen) atoms. The van der Waals surface area contributed by atoms with Gasteiger partial charge < -0.3 is 20.1 Å². The lowest BCUT2D eigenvalue weighted by Crippen LogP contribution is -2.39. The van der Waals surface area contributed by atoms with E-state index >= 15 is 0 Å². The van der Waals surface area contributed by atoms with Crippen LogP contribution in [0.2, 0.25) is 0 Å². The van der Waals surface area contributed by atoms with Gasteiger partial charge in [0.15, 0.2) is 0 Å². The smallest absolute Gasteiger partial charge is 0.0928 e. The van der Waals surface area contributed by atoms with Crippen molar-refractivity contribution in [3.05, 3.63) is 0 Å². The molecule has 0 aromatic carbocycles. The minimum Gasteiger partial charge on any atom is -0.382 e. The monoisotopic (exact) mass is 216 g/mol. The Bertz CT molecular complexity index is 170. The van der Waals surface area contributed by atoms with Crippen LogP contribution in [0.1, 0.15) is 13.3 Å². The molecule has 1 fully saturated rings. The molecule has 0 bridgehead atoms. The summed E-state index contributed by atoms with van der Waals surface area (Å²) in [4.78, 5) is 0. The molecule has 1 aliphatic rings. The third-order valence-electron chi connectivity index (χ3n) is 3.07. The van der Waals surface area contributed by atoms with Crippen LogP contribution in [0.25, 0.3) is 0 Å². The maximum Gasteiger partial charge on any atom is 0.0928 e. The van der Waals surface area contributed by atoms with E-state index in [2.05, 4.69) is 17.6 Å². The van der Waals surface area contributed by atoms with Crippen LogP contribution in [0.4, 0.5) is 0 Å². The number of hydrogen-bond donors (Lipinski definition) is 2. The Labute approximate surface area is 92.7 Å². The molecule has 2 atom stereocenters. The zero-order valence-electron chi connectivity index (χ0n) is 10.1. The second-order valence-corrected chi connectivity index (χ2v) is 4.68. The summed E-state index contributed by atoms with van der Waals surface area (Å²) >= 11 is 0. The molecule has 1 heterocycles. The molecule has 0 saturated carbocycles. The van der Waals surface area contributed by atoms with E-state index in [1.165, 1.54) is 6.42 Å². The van der Waals surface area contributed by atoms with Crippen molar-refractivity contribution in [3.8, 4) is 0 Å². The van der Waals surface area contributed by atoms with E-state index in [1.807, 2.05) is 0 Å². The van der Waals surface area contributed by atoms with Crippen molar-refractivity contribution < 1.29 is 9.47 Å². The second-order valence-electron chi connectivity index (χ2n) is 4.68. The summed E-state index contributed by atoms with van der Waals surface area (Å²) in [6.45, 7) is 7.13. The van der Waals surface area contributed by atoms with Crippen molar-refractivity contribution in [3.63, 3.8) is 0 Å². The van der Waals surface area contributed by atoms with Gasteiger partial charge in [-0.15, -0.1) is 0 Å². The van der Waals surface area contributed by atoms with Crippen molar-refractivity contribution in [2.75, 3.05) is 47.0 Å². The summed E-state index contributed by atoms with van der Waals surface area (Å²) < 4.78 is 10.4. The molecular formula is C11H24N2O2. The van der Waals surface area contributed by atoms with Crippen LogP contribution >= 0.6 is 0 Å². The first-order valence-corrected chi connectivity index (χ1v) is 5.63. The van der Waals surface area contributed by atoms with Gasteiger partial charge in [-0.05, 0) is 18.4 Å². The highest BCUT2D eigenvalue weighted by atomic mass is 16.5. The molecule has 0 radical (unpaired) electrons. The fourth-order valence-electron chi connectivity index (χ4n) is 1.95. The first-order chi connectivity index (χ1) is 7.20. The predicted molar refractivity (Wildman–Crippen MR) is 61.1 cm³/mol. The third-order valence-corrected chi connectivity index (χ3v) is 3.07. The van der Waals surface area contributed by atoms with Crippen LogP contribution in [0, 0.1) is 5.41 Å². The Balaban J connectivity index is 2.13. The fourth-order valence-corrected chi connectivity index (χ4v) is 1.95. The molecule has 2 unspecified atom stereocenters. The Morgan fingerprint density at radius 3 is 2.80 bits per heavy atom. The summed E-state index contributed by atoms with van der Waals surface area (Å²) in [6.07, 6.45) is 1.41. The Hall–Kier alpha value is -0.160. The summed E-state index contributed by atoms with van der Waals surface area (Å²) in [5.74, 6) is 0.